The van der Waals surface area contributed by atoms with Crippen molar-refractivity contribution < 1.29 is 71.6 Å². The smallest absolute Gasteiger partial charge is 0.407 e. The van der Waals surface area contributed by atoms with Gasteiger partial charge in [-0.15, -0.1) is 0 Å². The van der Waals surface area contributed by atoms with Gasteiger partial charge in [0.25, 0.3) is 0 Å². The van der Waals surface area contributed by atoms with E-state index < -0.39 is 102 Å². The zero-order valence-corrected chi connectivity index (χ0v) is 27.8. The summed E-state index contributed by atoms with van der Waals surface area (Å²) in [6.45, 7) is 3.17. The van der Waals surface area contributed by atoms with E-state index in [1.165, 1.54) is 6.07 Å². The van der Waals surface area contributed by atoms with Crippen LogP contribution >= 0.6 is 12.6 Å². The van der Waals surface area contributed by atoms with E-state index in [4.69, 9.17) is 43.6 Å². The molecule has 1 heterocycles. The summed E-state index contributed by atoms with van der Waals surface area (Å²) in [5.41, 5.74) is 5.07. The average molecular weight is 719 g/mol. The van der Waals surface area contributed by atoms with E-state index in [0.29, 0.717) is 5.75 Å². The Morgan fingerprint density at radius 2 is 1.55 bits per heavy atom. The van der Waals surface area contributed by atoms with Crippen molar-refractivity contribution in [3.8, 4) is 5.75 Å². The molecule has 1 aliphatic rings. The Hall–Kier alpha value is -4.89. The predicted molar refractivity (Wildman–Crippen MR) is 165 cm³/mol. The minimum absolute atomic E-state index is 0.109. The van der Waals surface area contributed by atoms with Gasteiger partial charge in [0, 0.05) is 52.6 Å². The SMILES string of the molecule is CC(=O)OCC1O[C@@H](Oc2ccc(COC(=O)NCC(CN)OC(=O)NCCS)cc2[N+](=O)[O-])C(OC(C)=O)C(OC(C)=O)[C@H]1OC(C)=O. The number of hydrogen-bond donors (Lipinski definition) is 4. The van der Waals surface area contributed by atoms with Crippen LogP contribution in [-0.4, -0.2) is 110 Å². The van der Waals surface area contributed by atoms with E-state index in [9.17, 15) is 38.9 Å². The molecular formula is C28H38N4O16S. The highest BCUT2D eigenvalue weighted by atomic mass is 32.1. The van der Waals surface area contributed by atoms with Crippen LogP contribution in [0.3, 0.4) is 0 Å². The van der Waals surface area contributed by atoms with Crippen molar-refractivity contribution in [3.63, 3.8) is 0 Å². The van der Waals surface area contributed by atoms with Crippen LogP contribution in [0, 0.1) is 10.1 Å². The molecule has 0 aliphatic carbocycles. The molecule has 1 saturated heterocycles. The van der Waals surface area contributed by atoms with Crippen molar-refractivity contribution in [3.05, 3.63) is 33.9 Å². The number of ether oxygens (including phenoxy) is 8. The van der Waals surface area contributed by atoms with Crippen LogP contribution < -0.4 is 21.1 Å². The van der Waals surface area contributed by atoms with Crippen LogP contribution in [0.2, 0.25) is 0 Å². The number of hydrogen-bond acceptors (Lipinski definition) is 18. The van der Waals surface area contributed by atoms with E-state index in [0.717, 1.165) is 39.8 Å². The molecular weight excluding hydrogens is 680 g/mol. The van der Waals surface area contributed by atoms with Crippen LogP contribution in [0.15, 0.2) is 18.2 Å². The predicted octanol–water partition coefficient (Wildman–Crippen LogP) is 0.266. The van der Waals surface area contributed by atoms with Gasteiger partial charge in [-0.05, 0) is 11.6 Å². The zero-order chi connectivity index (χ0) is 36.7. The number of nitrogens with one attached hydrogen (secondary N) is 2. The number of nitro groups is 1. The Morgan fingerprint density at radius 1 is 0.918 bits per heavy atom. The number of nitrogens with two attached hydrogens (primary N) is 1. The molecule has 0 radical (unpaired) electrons. The number of carbonyl (C=O) groups excluding carboxylic acids is 6. The van der Waals surface area contributed by atoms with E-state index in [1.54, 1.807) is 0 Å². The molecule has 2 rings (SSSR count). The Balaban J connectivity index is 2.27. The maximum atomic E-state index is 12.2. The minimum Gasteiger partial charge on any atom is -0.463 e. The lowest BCUT2D eigenvalue weighted by atomic mass is 9.98. The number of nitro benzene ring substituents is 1. The molecule has 0 saturated carbocycles. The average Bonchev–Trinajstić information content (AvgIpc) is 3.02. The van der Waals surface area contributed by atoms with Crippen molar-refractivity contribution >= 4 is 54.4 Å². The number of benzene rings is 1. The maximum Gasteiger partial charge on any atom is 0.407 e. The van der Waals surface area contributed by atoms with Gasteiger partial charge in [0.2, 0.25) is 12.4 Å². The van der Waals surface area contributed by atoms with Crippen LogP contribution in [0.25, 0.3) is 0 Å². The Kier molecular flexibility index (Phi) is 16.3. The molecule has 1 fully saturated rings. The highest BCUT2D eigenvalue weighted by Crippen LogP contribution is 2.35. The number of esters is 4. The third kappa shape index (κ3) is 13.6. The summed E-state index contributed by atoms with van der Waals surface area (Å²) in [5, 5.41) is 16.8. The van der Waals surface area contributed by atoms with Gasteiger partial charge in [-0.25, -0.2) is 9.59 Å². The summed E-state index contributed by atoms with van der Waals surface area (Å²) in [6, 6.07) is 3.49. The minimum atomic E-state index is -1.73. The van der Waals surface area contributed by atoms with Gasteiger partial charge in [-0.3, -0.25) is 29.3 Å². The molecule has 1 aromatic rings. The summed E-state index contributed by atoms with van der Waals surface area (Å²) in [5.74, 6) is -3.41. The van der Waals surface area contributed by atoms with Crippen molar-refractivity contribution in [1.29, 1.82) is 0 Å². The molecule has 272 valence electrons. The Labute approximate surface area is 285 Å². The molecule has 21 heteroatoms. The summed E-state index contributed by atoms with van der Waals surface area (Å²) in [4.78, 5) is 82.7. The van der Waals surface area contributed by atoms with Crippen LogP contribution in [0.1, 0.15) is 33.3 Å². The van der Waals surface area contributed by atoms with Crippen LogP contribution in [0.5, 0.6) is 5.75 Å². The molecule has 20 nitrogen and oxygen atoms in total. The first-order chi connectivity index (χ1) is 23.1. The summed E-state index contributed by atoms with van der Waals surface area (Å²) in [7, 11) is 0. The maximum absolute atomic E-state index is 12.2. The first kappa shape index (κ1) is 40.3. The number of amides is 2. The topological polar surface area (TPSA) is 269 Å². The molecule has 4 unspecified atom stereocenters. The molecule has 1 aliphatic heterocycles. The number of thiol groups is 1. The molecule has 0 spiro atoms. The fraction of sp³-hybridized carbons (Fsp3) is 0.571. The Morgan fingerprint density at radius 3 is 2.12 bits per heavy atom. The Bertz CT molecular complexity index is 1360. The van der Waals surface area contributed by atoms with Gasteiger partial charge in [0.15, 0.2) is 18.0 Å². The van der Waals surface area contributed by atoms with Gasteiger partial charge in [0.05, 0.1) is 11.5 Å². The van der Waals surface area contributed by atoms with Crippen molar-refractivity contribution in [2.75, 3.05) is 32.0 Å². The zero-order valence-electron chi connectivity index (χ0n) is 26.9. The lowest BCUT2D eigenvalue weighted by Crippen LogP contribution is -2.63. The lowest BCUT2D eigenvalue weighted by molar-refractivity contribution is -0.387. The van der Waals surface area contributed by atoms with Crippen molar-refractivity contribution in [1.82, 2.24) is 10.6 Å². The summed E-state index contributed by atoms with van der Waals surface area (Å²) < 4.78 is 42.7. The molecule has 6 atom stereocenters. The molecule has 2 amide bonds. The quantitative estimate of drug-likeness (QED) is 0.0587. The third-order valence-corrected chi connectivity index (χ3v) is 6.40. The van der Waals surface area contributed by atoms with E-state index in [2.05, 4.69) is 23.3 Å². The number of rotatable bonds is 16. The standard InChI is InChI=1S/C28H38N4O16S/c1-14(33)41-13-22-23(43-15(2)34)24(44-16(3)35)25(45-17(4)36)26(48-22)47-21-6-5-18(9-20(21)32(39)40)12-42-27(37)31-11-19(10-29)46-28(38)30-7-8-49/h5-6,9,19,22-26,49H,7-8,10-13,29H2,1-4H3,(H,30,38)(H,31,37)/t19?,22?,23-,24?,25?,26+/m0/s1. The molecule has 1 aromatic carbocycles. The van der Waals surface area contributed by atoms with Gasteiger partial charge in [0.1, 0.15) is 25.4 Å². The number of nitrogens with zero attached hydrogens (tertiary/aromatic N) is 1. The molecule has 49 heavy (non-hydrogen) atoms. The second kappa shape index (κ2) is 19.8. The molecule has 4 N–H and O–H groups in total. The van der Waals surface area contributed by atoms with E-state index in [1.807, 2.05) is 0 Å². The van der Waals surface area contributed by atoms with E-state index in [-0.39, 0.29) is 25.2 Å². The van der Waals surface area contributed by atoms with E-state index >= 15 is 0 Å². The molecule has 0 bridgehead atoms. The first-order valence-corrected chi connectivity index (χ1v) is 15.2. The largest absolute Gasteiger partial charge is 0.463 e. The number of carbonyl (C=O) groups is 6. The number of alkyl carbamates (subject to hydrolysis) is 2. The van der Waals surface area contributed by atoms with Gasteiger partial charge in [-0.1, -0.05) is 6.07 Å². The second-order valence-corrected chi connectivity index (χ2v) is 10.6. The van der Waals surface area contributed by atoms with Gasteiger partial charge >= 0.3 is 41.8 Å². The fourth-order valence-electron chi connectivity index (χ4n) is 4.22. The van der Waals surface area contributed by atoms with Crippen LogP contribution in [-0.2, 0) is 58.9 Å². The first-order valence-electron chi connectivity index (χ1n) is 14.6. The second-order valence-electron chi connectivity index (χ2n) is 10.1. The lowest BCUT2D eigenvalue weighted by Gasteiger charge is -2.43. The summed E-state index contributed by atoms with van der Waals surface area (Å²) >= 11 is 3.96. The van der Waals surface area contributed by atoms with Crippen LogP contribution in [0.4, 0.5) is 15.3 Å². The van der Waals surface area contributed by atoms with Gasteiger partial charge in [-0.2, -0.15) is 12.6 Å². The van der Waals surface area contributed by atoms with Gasteiger partial charge < -0.3 is 54.3 Å². The summed E-state index contributed by atoms with van der Waals surface area (Å²) in [6.07, 6.45) is -10.3. The normalized spacial score (nSPS) is 20.4. The third-order valence-electron chi connectivity index (χ3n) is 6.17. The van der Waals surface area contributed by atoms with Crippen molar-refractivity contribution in [2.24, 2.45) is 5.73 Å². The van der Waals surface area contributed by atoms with Crippen molar-refractivity contribution in [2.45, 2.75) is 71.1 Å². The highest BCUT2D eigenvalue weighted by molar-refractivity contribution is 7.80. The fourth-order valence-corrected chi connectivity index (χ4v) is 4.34. The highest BCUT2D eigenvalue weighted by Gasteiger charge is 2.53. The monoisotopic (exact) mass is 718 g/mol. The molecule has 0 aromatic heterocycles.